The van der Waals surface area contributed by atoms with E-state index in [4.69, 9.17) is 5.73 Å². The summed E-state index contributed by atoms with van der Waals surface area (Å²) in [4.78, 5) is 11.1. The van der Waals surface area contributed by atoms with Gasteiger partial charge in [0, 0.05) is 0 Å². The summed E-state index contributed by atoms with van der Waals surface area (Å²) in [7, 11) is 0. The molecule has 2 rings (SSSR count). The predicted octanol–water partition coefficient (Wildman–Crippen LogP) is 2.14. The molecule has 0 fully saturated rings. The molecule has 3 N–H and O–H groups in total. The molecule has 122 valence electrons. The number of nitrogens with zero attached hydrogens (tertiary/aromatic N) is 4. The zero-order valence-electron chi connectivity index (χ0n) is 11.3. The van der Waals surface area contributed by atoms with Crippen molar-refractivity contribution in [1.82, 2.24) is 15.0 Å². The number of rotatable bonds is 6. The van der Waals surface area contributed by atoms with Crippen molar-refractivity contribution in [2.75, 3.05) is 11.2 Å². The average Bonchev–Trinajstić information content (AvgIpc) is 2.49. The number of alkyl halides is 4. The van der Waals surface area contributed by atoms with E-state index in [0.29, 0.717) is 5.56 Å². The first-order valence-corrected chi connectivity index (χ1v) is 6.05. The lowest BCUT2D eigenvalue weighted by Crippen LogP contribution is -2.33. The first kappa shape index (κ1) is 16.4. The van der Waals surface area contributed by atoms with Crippen LogP contribution in [0.2, 0.25) is 0 Å². The quantitative estimate of drug-likeness (QED) is 0.478. The van der Waals surface area contributed by atoms with E-state index in [-0.39, 0.29) is 11.9 Å². The van der Waals surface area contributed by atoms with Crippen molar-refractivity contribution in [2.24, 2.45) is 5.10 Å². The maximum absolute atomic E-state index is 12.7. The van der Waals surface area contributed by atoms with Gasteiger partial charge in [0.2, 0.25) is 11.9 Å². The third-order valence-corrected chi connectivity index (χ3v) is 2.36. The second kappa shape index (κ2) is 6.85. The fraction of sp³-hybridized carbons (Fsp3) is 0.167. The maximum Gasteiger partial charge on any atom is 0.461 e. The van der Waals surface area contributed by atoms with Crippen LogP contribution in [0.4, 0.5) is 29.5 Å². The third kappa shape index (κ3) is 4.76. The number of nitrogens with one attached hydrogen (secondary N) is 1. The molecule has 0 aliphatic rings. The molecule has 0 unspecified atom stereocenters. The number of halogens is 4. The molecule has 11 heteroatoms. The molecular formula is C12H10F4N6O. The fourth-order valence-electron chi connectivity index (χ4n) is 1.35. The van der Waals surface area contributed by atoms with Crippen LogP contribution in [0.15, 0.2) is 35.7 Å². The van der Waals surface area contributed by atoms with E-state index in [1.807, 2.05) is 0 Å². The number of aromatic nitrogens is 3. The molecule has 1 aromatic carbocycles. The van der Waals surface area contributed by atoms with E-state index in [1.54, 1.807) is 0 Å². The summed E-state index contributed by atoms with van der Waals surface area (Å²) in [5, 5.41) is 3.79. The van der Waals surface area contributed by atoms with Gasteiger partial charge in [0.1, 0.15) is 12.1 Å². The molecule has 0 amide bonds. The molecule has 0 bridgehead atoms. The molecular weight excluding hydrogens is 320 g/mol. The number of hydrazone groups is 1. The SMILES string of the molecule is Nc1ncnc(NN=Cc2ccc(OC(F)(F)C(F)F)cc2)n1. The van der Waals surface area contributed by atoms with Gasteiger partial charge in [-0.3, -0.25) is 0 Å². The fourth-order valence-corrected chi connectivity index (χ4v) is 1.35. The highest BCUT2D eigenvalue weighted by Crippen LogP contribution is 2.27. The van der Waals surface area contributed by atoms with E-state index in [1.165, 1.54) is 24.7 Å². The average molecular weight is 330 g/mol. The van der Waals surface area contributed by atoms with Crippen molar-refractivity contribution in [3.63, 3.8) is 0 Å². The van der Waals surface area contributed by atoms with Crippen LogP contribution < -0.4 is 15.9 Å². The minimum atomic E-state index is -4.55. The lowest BCUT2D eigenvalue weighted by atomic mass is 10.2. The Kier molecular flexibility index (Phi) is 4.88. The van der Waals surface area contributed by atoms with Crippen LogP contribution in [0.25, 0.3) is 0 Å². The molecule has 0 radical (unpaired) electrons. The Bertz CT molecular complexity index is 680. The molecule has 0 saturated carbocycles. The van der Waals surface area contributed by atoms with Crippen molar-refractivity contribution in [3.8, 4) is 5.75 Å². The Balaban J connectivity index is 1.96. The monoisotopic (exact) mass is 330 g/mol. The van der Waals surface area contributed by atoms with Gasteiger partial charge in [-0.25, -0.2) is 10.4 Å². The van der Waals surface area contributed by atoms with Crippen molar-refractivity contribution in [1.29, 1.82) is 0 Å². The summed E-state index contributed by atoms with van der Waals surface area (Å²) in [5.74, 6) is -0.268. The zero-order chi connectivity index (χ0) is 16.9. The number of anilines is 2. The molecule has 23 heavy (non-hydrogen) atoms. The van der Waals surface area contributed by atoms with Gasteiger partial charge < -0.3 is 10.5 Å². The van der Waals surface area contributed by atoms with E-state index in [0.717, 1.165) is 12.1 Å². The van der Waals surface area contributed by atoms with Crippen LogP contribution in [0.3, 0.4) is 0 Å². The molecule has 0 aliphatic heterocycles. The Morgan fingerprint density at radius 1 is 1.22 bits per heavy atom. The third-order valence-electron chi connectivity index (χ3n) is 2.36. The standard InChI is InChI=1S/C12H10F4N6O/c13-9(14)12(15,16)23-8-3-1-7(2-4-8)5-20-22-11-19-6-18-10(17)21-11/h1-6,9H,(H3,17,18,19,21,22). The van der Waals surface area contributed by atoms with Crippen molar-refractivity contribution in [3.05, 3.63) is 36.2 Å². The normalized spacial score (nSPS) is 11.9. The molecule has 0 aliphatic carbocycles. The summed E-state index contributed by atoms with van der Waals surface area (Å²) in [5.41, 5.74) is 8.32. The second-order valence-corrected chi connectivity index (χ2v) is 4.07. The Hall–Kier alpha value is -2.98. The molecule has 2 aromatic rings. The first-order chi connectivity index (χ1) is 10.9. The highest BCUT2D eigenvalue weighted by molar-refractivity contribution is 5.80. The molecule has 1 heterocycles. The van der Waals surface area contributed by atoms with Crippen molar-refractivity contribution >= 4 is 18.1 Å². The van der Waals surface area contributed by atoms with Crippen LogP contribution in [0, 0.1) is 0 Å². The zero-order valence-corrected chi connectivity index (χ0v) is 11.3. The first-order valence-electron chi connectivity index (χ1n) is 6.05. The van der Waals surface area contributed by atoms with Gasteiger partial charge in [-0.2, -0.15) is 32.6 Å². The summed E-state index contributed by atoms with van der Waals surface area (Å²) in [6, 6.07) is 4.92. The van der Waals surface area contributed by atoms with E-state index in [9.17, 15) is 17.6 Å². The molecule has 0 atom stereocenters. The van der Waals surface area contributed by atoms with Crippen LogP contribution >= 0.6 is 0 Å². The Morgan fingerprint density at radius 2 is 1.91 bits per heavy atom. The predicted molar refractivity (Wildman–Crippen MR) is 73.5 cm³/mol. The number of nitrogen functional groups attached to an aromatic ring is 1. The number of ether oxygens (including phenoxy) is 1. The van der Waals surface area contributed by atoms with E-state index < -0.39 is 18.3 Å². The maximum atomic E-state index is 12.7. The number of nitrogens with two attached hydrogens (primary N) is 1. The van der Waals surface area contributed by atoms with Crippen LogP contribution in [0.1, 0.15) is 5.56 Å². The van der Waals surface area contributed by atoms with E-state index in [2.05, 4.69) is 30.2 Å². The van der Waals surface area contributed by atoms with Gasteiger partial charge in [0.15, 0.2) is 0 Å². The molecule has 0 spiro atoms. The van der Waals surface area contributed by atoms with Crippen LogP contribution in [0.5, 0.6) is 5.75 Å². The van der Waals surface area contributed by atoms with Crippen LogP contribution in [-0.2, 0) is 0 Å². The summed E-state index contributed by atoms with van der Waals surface area (Å²) in [6.45, 7) is 0. The number of benzene rings is 1. The highest BCUT2D eigenvalue weighted by atomic mass is 19.3. The van der Waals surface area contributed by atoms with Gasteiger partial charge in [-0.1, -0.05) is 0 Å². The minimum absolute atomic E-state index is 0.0131. The topological polar surface area (TPSA) is 98.3 Å². The minimum Gasteiger partial charge on any atom is -0.428 e. The lowest BCUT2D eigenvalue weighted by molar-refractivity contribution is -0.253. The van der Waals surface area contributed by atoms with Gasteiger partial charge >= 0.3 is 12.5 Å². The van der Waals surface area contributed by atoms with Gasteiger partial charge in [-0.05, 0) is 29.8 Å². The lowest BCUT2D eigenvalue weighted by Gasteiger charge is -2.16. The summed E-state index contributed by atoms with van der Waals surface area (Å²) in [6.07, 6.45) is -5.94. The molecule has 7 nitrogen and oxygen atoms in total. The number of hydrogen-bond donors (Lipinski definition) is 2. The van der Waals surface area contributed by atoms with Gasteiger partial charge in [0.05, 0.1) is 6.21 Å². The number of hydrogen-bond acceptors (Lipinski definition) is 7. The Morgan fingerprint density at radius 3 is 2.52 bits per heavy atom. The van der Waals surface area contributed by atoms with E-state index >= 15 is 0 Å². The largest absolute Gasteiger partial charge is 0.461 e. The van der Waals surface area contributed by atoms with Gasteiger partial charge in [-0.15, -0.1) is 0 Å². The van der Waals surface area contributed by atoms with Crippen molar-refractivity contribution in [2.45, 2.75) is 12.5 Å². The summed E-state index contributed by atoms with van der Waals surface area (Å²) >= 11 is 0. The molecule has 1 aromatic heterocycles. The Labute approximate surface area is 127 Å². The molecule has 0 saturated heterocycles. The van der Waals surface area contributed by atoms with Crippen molar-refractivity contribution < 1.29 is 22.3 Å². The second-order valence-electron chi connectivity index (χ2n) is 4.07. The summed E-state index contributed by atoms with van der Waals surface area (Å²) < 4.78 is 53.4. The highest BCUT2D eigenvalue weighted by Gasteiger charge is 2.43. The van der Waals surface area contributed by atoms with Crippen LogP contribution in [-0.4, -0.2) is 33.7 Å². The smallest absolute Gasteiger partial charge is 0.428 e. The van der Waals surface area contributed by atoms with Gasteiger partial charge in [0.25, 0.3) is 0 Å².